The highest BCUT2D eigenvalue weighted by Crippen LogP contribution is 2.30. The molecule has 0 saturated heterocycles. The molecule has 1 saturated carbocycles. The molecule has 5 heteroatoms. The Balaban J connectivity index is 2.09. The van der Waals surface area contributed by atoms with Crippen molar-refractivity contribution in [2.45, 2.75) is 57.2 Å². The number of rotatable bonds is 7. The van der Waals surface area contributed by atoms with E-state index in [2.05, 4.69) is 40.7 Å². The van der Waals surface area contributed by atoms with Crippen LogP contribution in [-0.2, 0) is 6.42 Å². The van der Waals surface area contributed by atoms with Crippen molar-refractivity contribution in [3.63, 3.8) is 0 Å². The van der Waals surface area contributed by atoms with Crippen molar-refractivity contribution < 1.29 is 0 Å². The normalized spacial score (nSPS) is 21.9. The smallest absolute Gasteiger partial charge is 0.132 e. The summed E-state index contributed by atoms with van der Waals surface area (Å²) < 4.78 is 0. The third-order valence-electron chi connectivity index (χ3n) is 3.73. The molecular weight excluding hydrogens is 268 g/mol. The molecule has 2 N–H and O–H groups in total. The molecule has 0 spiro atoms. The van der Waals surface area contributed by atoms with Crippen LogP contribution in [0.2, 0.25) is 0 Å². The van der Waals surface area contributed by atoms with Gasteiger partial charge in [-0.15, -0.1) is 0 Å². The van der Waals surface area contributed by atoms with Crippen molar-refractivity contribution >= 4 is 23.4 Å². The van der Waals surface area contributed by atoms with Crippen molar-refractivity contribution in [3.05, 3.63) is 11.9 Å². The van der Waals surface area contributed by atoms with Gasteiger partial charge in [-0.1, -0.05) is 20.3 Å². The molecule has 1 fully saturated rings. The first-order chi connectivity index (χ1) is 9.76. The molecular formula is C15H26N4S. The standard InChI is InChI=1S/C15H26N4S/c1-4-9-16-14-10-15(19-13(5-2)18-14)17-11-7-6-8-12(11)20-3/h10-12H,4-9H2,1-3H3,(H2,16,17,18,19). The molecule has 2 unspecified atom stereocenters. The quantitative estimate of drug-likeness (QED) is 0.805. The first-order valence-electron chi connectivity index (χ1n) is 7.68. The lowest BCUT2D eigenvalue weighted by Gasteiger charge is -2.20. The van der Waals surface area contributed by atoms with Gasteiger partial charge in [0, 0.05) is 30.3 Å². The summed E-state index contributed by atoms with van der Waals surface area (Å²) in [6.07, 6.45) is 8.05. The first kappa shape index (κ1) is 15.4. The van der Waals surface area contributed by atoms with Gasteiger partial charge in [0.2, 0.25) is 0 Å². The lowest BCUT2D eigenvalue weighted by Crippen LogP contribution is -2.26. The topological polar surface area (TPSA) is 49.8 Å². The Morgan fingerprint density at radius 2 is 2.05 bits per heavy atom. The molecule has 0 bridgehead atoms. The lowest BCUT2D eigenvalue weighted by atomic mass is 10.2. The maximum atomic E-state index is 4.62. The minimum atomic E-state index is 0.545. The number of nitrogens with one attached hydrogen (secondary N) is 2. The van der Waals surface area contributed by atoms with Crippen molar-refractivity contribution in [1.29, 1.82) is 0 Å². The highest BCUT2D eigenvalue weighted by atomic mass is 32.2. The third kappa shape index (κ3) is 4.01. The van der Waals surface area contributed by atoms with E-state index in [1.165, 1.54) is 19.3 Å². The number of anilines is 2. The fourth-order valence-corrected chi connectivity index (χ4v) is 3.57. The maximum absolute atomic E-state index is 4.62. The molecule has 0 radical (unpaired) electrons. The van der Waals surface area contributed by atoms with Gasteiger partial charge in [-0.05, 0) is 25.5 Å². The third-order valence-corrected chi connectivity index (χ3v) is 4.90. The highest BCUT2D eigenvalue weighted by Gasteiger charge is 2.26. The zero-order valence-corrected chi connectivity index (χ0v) is 13.6. The van der Waals surface area contributed by atoms with Crippen LogP contribution in [0.5, 0.6) is 0 Å². The van der Waals surface area contributed by atoms with Gasteiger partial charge in [-0.2, -0.15) is 11.8 Å². The van der Waals surface area contributed by atoms with Gasteiger partial charge in [0.15, 0.2) is 0 Å². The van der Waals surface area contributed by atoms with E-state index in [0.29, 0.717) is 11.3 Å². The van der Waals surface area contributed by atoms with E-state index >= 15 is 0 Å². The van der Waals surface area contributed by atoms with Crippen LogP contribution >= 0.6 is 11.8 Å². The average Bonchev–Trinajstić information content (AvgIpc) is 2.92. The molecule has 2 atom stereocenters. The fourth-order valence-electron chi connectivity index (χ4n) is 2.64. The van der Waals surface area contributed by atoms with E-state index in [4.69, 9.17) is 0 Å². The Kier molecular flexibility index (Phi) is 5.95. The molecule has 1 aromatic heterocycles. The second-order valence-corrected chi connectivity index (χ2v) is 6.37. The molecule has 1 aliphatic rings. The van der Waals surface area contributed by atoms with Gasteiger partial charge >= 0.3 is 0 Å². The molecule has 20 heavy (non-hydrogen) atoms. The predicted molar refractivity (Wildman–Crippen MR) is 88.8 cm³/mol. The average molecular weight is 294 g/mol. The predicted octanol–water partition coefficient (Wildman–Crippen LogP) is 3.56. The summed E-state index contributed by atoms with van der Waals surface area (Å²) in [6, 6.07) is 2.59. The molecule has 2 rings (SSSR count). The summed E-state index contributed by atoms with van der Waals surface area (Å²) in [5.41, 5.74) is 0. The zero-order chi connectivity index (χ0) is 14.4. The zero-order valence-electron chi connectivity index (χ0n) is 12.8. The number of thioether (sulfide) groups is 1. The molecule has 112 valence electrons. The molecule has 1 aliphatic carbocycles. The van der Waals surface area contributed by atoms with Crippen LogP contribution in [0.15, 0.2) is 6.07 Å². The van der Waals surface area contributed by atoms with E-state index in [-0.39, 0.29) is 0 Å². The number of aryl methyl sites for hydroxylation is 1. The van der Waals surface area contributed by atoms with Crippen LogP contribution < -0.4 is 10.6 Å². The lowest BCUT2D eigenvalue weighted by molar-refractivity contribution is 0.759. The van der Waals surface area contributed by atoms with E-state index in [9.17, 15) is 0 Å². The van der Waals surface area contributed by atoms with Crippen molar-refractivity contribution in [3.8, 4) is 0 Å². The SMILES string of the molecule is CCCNc1cc(NC2CCCC2SC)nc(CC)n1. The second kappa shape index (κ2) is 7.72. The fraction of sp³-hybridized carbons (Fsp3) is 0.733. The Morgan fingerprint density at radius 3 is 2.75 bits per heavy atom. The first-order valence-corrected chi connectivity index (χ1v) is 8.96. The largest absolute Gasteiger partial charge is 0.370 e. The van der Waals surface area contributed by atoms with Gasteiger partial charge in [0.1, 0.15) is 17.5 Å². The van der Waals surface area contributed by atoms with Crippen LogP contribution in [0.25, 0.3) is 0 Å². The number of nitrogens with zero attached hydrogens (tertiary/aromatic N) is 2. The molecule has 1 heterocycles. The van der Waals surface area contributed by atoms with E-state index in [1.54, 1.807) is 0 Å². The summed E-state index contributed by atoms with van der Waals surface area (Å²) in [5, 5.41) is 7.69. The summed E-state index contributed by atoms with van der Waals surface area (Å²) >= 11 is 1.97. The van der Waals surface area contributed by atoms with Gasteiger partial charge < -0.3 is 10.6 Å². The number of hydrogen-bond acceptors (Lipinski definition) is 5. The molecule has 0 amide bonds. The maximum Gasteiger partial charge on any atom is 0.132 e. The van der Waals surface area contributed by atoms with Gasteiger partial charge in [-0.3, -0.25) is 0 Å². The van der Waals surface area contributed by atoms with Gasteiger partial charge in [-0.25, -0.2) is 9.97 Å². The molecule has 4 nitrogen and oxygen atoms in total. The molecule has 1 aromatic rings. The summed E-state index contributed by atoms with van der Waals surface area (Å²) in [6.45, 7) is 5.22. The summed E-state index contributed by atoms with van der Waals surface area (Å²) in [5.74, 6) is 2.83. The Bertz CT molecular complexity index is 424. The number of hydrogen-bond donors (Lipinski definition) is 2. The monoisotopic (exact) mass is 294 g/mol. The Labute approximate surface area is 126 Å². The van der Waals surface area contributed by atoms with Crippen molar-refractivity contribution in [2.75, 3.05) is 23.4 Å². The molecule has 0 aromatic carbocycles. The second-order valence-electron chi connectivity index (χ2n) is 5.29. The van der Waals surface area contributed by atoms with Gasteiger partial charge in [0.25, 0.3) is 0 Å². The Morgan fingerprint density at radius 1 is 1.25 bits per heavy atom. The van der Waals surface area contributed by atoms with Crippen molar-refractivity contribution in [1.82, 2.24) is 9.97 Å². The number of aromatic nitrogens is 2. The van der Waals surface area contributed by atoms with E-state index in [0.717, 1.165) is 36.8 Å². The van der Waals surface area contributed by atoms with Crippen LogP contribution in [0.3, 0.4) is 0 Å². The van der Waals surface area contributed by atoms with Crippen LogP contribution in [0, 0.1) is 0 Å². The summed E-state index contributed by atoms with van der Waals surface area (Å²) in [4.78, 5) is 9.16. The van der Waals surface area contributed by atoms with Crippen LogP contribution in [0.4, 0.5) is 11.6 Å². The van der Waals surface area contributed by atoms with Gasteiger partial charge in [0.05, 0.1) is 0 Å². The van der Waals surface area contributed by atoms with E-state index in [1.807, 2.05) is 17.8 Å². The Hall–Kier alpha value is -0.970. The summed E-state index contributed by atoms with van der Waals surface area (Å²) in [7, 11) is 0. The minimum Gasteiger partial charge on any atom is -0.370 e. The highest BCUT2D eigenvalue weighted by molar-refractivity contribution is 7.99. The molecule has 0 aliphatic heterocycles. The van der Waals surface area contributed by atoms with E-state index < -0.39 is 0 Å². The van der Waals surface area contributed by atoms with Crippen LogP contribution in [-0.4, -0.2) is 34.1 Å². The van der Waals surface area contributed by atoms with Crippen molar-refractivity contribution in [2.24, 2.45) is 0 Å². The van der Waals surface area contributed by atoms with Crippen LogP contribution in [0.1, 0.15) is 45.4 Å². The minimum absolute atomic E-state index is 0.545.